The molecule has 1 saturated heterocycles. The van der Waals surface area contributed by atoms with E-state index < -0.39 is 12.1 Å². The zero-order chi connectivity index (χ0) is 22.1. The van der Waals surface area contributed by atoms with Gasteiger partial charge in [-0.3, -0.25) is 9.59 Å². The van der Waals surface area contributed by atoms with Gasteiger partial charge in [0, 0.05) is 19.4 Å². The molecule has 0 radical (unpaired) electrons. The number of nitrogens with one attached hydrogen (secondary N) is 1. The Morgan fingerprint density at radius 2 is 2.00 bits per heavy atom. The lowest BCUT2D eigenvalue weighted by molar-refractivity contribution is -0.140. The van der Waals surface area contributed by atoms with Gasteiger partial charge < -0.3 is 15.3 Å². The lowest BCUT2D eigenvalue weighted by Crippen LogP contribution is -2.46. The van der Waals surface area contributed by atoms with Crippen molar-refractivity contribution in [2.45, 2.75) is 56.7 Å². The summed E-state index contributed by atoms with van der Waals surface area (Å²) in [7, 11) is 0. The fourth-order valence-corrected chi connectivity index (χ4v) is 5.11. The van der Waals surface area contributed by atoms with Crippen molar-refractivity contribution in [2.24, 2.45) is 5.41 Å². The second-order valence-electron chi connectivity index (χ2n) is 8.95. The Morgan fingerprint density at radius 3 is 2.57 bits per heavy atom. The number of aryl methyl sites for hydroxylation is 1. The first-order valence-electron chi connectivity index (χ1n) is 9.97. The number of amides is 2. The lowest BCUT2D eigenvalue weighted by Gasteiger charge is -2.28. The van der Waals surface area contributed by atoms with Crippen LogP contribution in [0.4, 0.5) is 0 Å². The van der Waals surface area contributed by atoms with Crippen molar-refractivity contribution in [2.75, 3.05) is 6.54 Å². The topological polar surface area (TPSA) is 82.5 Å². The van der Waals surface area contributed by atoms with Gasteiger partial charge in [0.2, 0.25) is 11.8 Å². The highest BCUT2D eigenvalue weighted by atomic mass is 127. The number of hydrogen-bond acceptors (Lipinski definition) is 5. The Bertz CT molecular complexity index is 907. The van der Waals surface area contributed by atoms with Gasteiger partial charge in [0.25, 0.3) is 0 Å². The van der Waals surface area contributed by atoms with E-state index in [1.54, 1.807) is 11.3 Å². The molecule has 1 fully saturated rings. The predicted octanol–water partition coefficient (Wildman–Crippen LogP) is 4.07. The number of alkyl halides is 1. The van der Waals surface area contributed by atoms with E-state index in [2.05, 4.69) is 32.9 Å². The number of aliphatic hydroxyl groups is 1. The van der Waals surface area contributed by atoms with Crippen molar-refractivity contribution in [3.05, 3.63) is 41.0 Å². The minimum absolute atomic E-state index is 0.0894. The smallest absolute Gasteiger partial charge is 0.244 e. The quantitative estimate of drug-likeness (QED) is 0.340. The summed E-state index contributed by atoms with van der Waals surface area (Å²) in [6.07, 6.45) is -0.0520. The van der Waals surface area contributed by atoms with Gasteiger partial charge in [0.15, 0.2) is 0 Å². The summed E-state index contributed by atoms with van der Waals surface area (Å²) in [6, 6.07) is 7.43. The van der Waals surface area contributed by atoms with Gasteiger partial charge in [0.1, 0.15) is 10.1 Å². The van der Waals surface area contributed by atoms with Crippen LogP contribution >= 0.6 is 33.9 Å². The molecule has 0 aliphatic carbocycles. The number of aliphatic hydroxyl groups excluding tert-OH is 1. The van der Waals surface area contributed by atoms with E-state index in [-0.39, 0.29) is 34.2 Å². The Morgan fingerprint density at radius 1 is 1.33 bits per heavy atom. The van der Waals surface area contributed by atoms with E-state index >= 15 is 0 Å². The summed E-state index contributed by atoms with van der Waals surface area (Å²) in [5, 5.41) is 13.1. The van der Waals surface area contributed by atoms with Gasteiger partial charge >= 0.3 is 0 Å². The molecular formula is C22H28IN3O3S. The molecule has 1 aliphatic heterocycles. The van der Waals surface area contributed by atoms with Crippen molar-refractivity contribution >= 4 is 45.7 Å². The monoisotopic (exact) mass is 541 g/mol. The maximum atomic E-state index is 12.9. The van der Waals surface area contributed by atoms with Crippen LogP contribution in [0.1, 0.15) is 48.9 Å². The van der Waals surface area contributed by atoms with Gasteiger partial charge in [-0.1, -0.05) is 67.6 Å². The molecule has 162 valence electrons. The number of aromatic nitrogens is 1. The Hall–Kier alpha value is -1.52. The van der Waals surface area contributed by atoms with Crippen LogP contribution in [0.5, 0.6) is 0 Å². The standard InChI is InChI=1S/C22H28IN3O3S/c1-13-19(30-12-24-13)14-5-7-15(8-6-14)20(23)25-21(29)17-9-16(27)11-26(17)18(28)10-22(2,3)4/h5-8,12,16-17,20,27H,9-11H2,1-4H3,(H,25,29)/t16-,17+,20-/m1/s1. The Labute approximate surface area is 195 Å². The molecule has 2 heterocycles. The van der Waals surface area contributed by atoms with Crippen LogP contribution in [0.3, 0.4) is 0 Å². The molecule has 0 unspecified atom stereocenters. The molecule has 1 aromatic heterocycles. The fraction of sp³-hybridized carbons (Fsp3) is 0.500. The number of benzene rings is 1. The number of likely N-dealkylation sites (tertiary alicyclic amines) is 1. The number of rotatable bonds is 5. The first-order valence-corrected chi connectivity index (χ1v) is 12.1. The molecule has 0 spiro atoms. The van der Waals surface area contributed by atoms with Crippen LogP contribution < -0.4 is 5.32 Å². The number of carbonyl (C=O) groups is 2. The molecule has 6 nitrogen and oxygen atoms in total. The van der Waals surface area contributed by atoms with E-state index in [1.165, 1.54) is 4.90 Å². The lowest BCUT2D eigenvalue weighted by atomic mass is 9.91. The molecule has 0 bridgehead atoms. The second-order valence-corrected chi connectivity index (χ2v) is 11.0. The molecule has 1 aliphatic rings. The number of hydrogen-bond donors (Lipinski definition) is 2. The summed E-state index contributed by atoms with van der Waals surface area (Å²) >= 11 is 3.79. The number of halogens is 1. The molecule has 3 atom stereocenters. The van der Waals surface area contributed by atoms with Crippen LogP contribution in [-0.2, 0) is 9.59 Å². The predicted molar refractivity (Wildman–Crippen MR) is 127 cm³/mol. The molecule has 1 aromatic carbocycles. The molecule has 2 amide bonds. The number of β-amino-alcohol motifs (C(OH)–C–C–N with tert-alkyl or cyclic N) is 1. The molecule has 2 aromatic rings. The first-order chi connectivity index (χ1) is 14.0. The molecule has 30 heavy (non-hydrogen) atoms. The highest BCUT2D eigenvalue weighted by molar-refractivity contribution is 14.1. The summed E-state index contributed by atoms with van der Waals surface area (Å²) in [5.41, 5.74) is 4.75. The van der Waals surface area contributed by atoms with Crippen molar-refractivity contribution in [1.82, 2.24) is 15.2 Å². The second kappa shape index (κ2) is 9.32. The third-order valence-electron chi connectivity index (χ3n) is 5.06. The van der Waals surface area contributed by atoms with Crippen molar-refractivity contribution < 1.29 is 14.7 Å². The van der Waals surface area contributed by atoms with Crippen LogP contribution in [0.2, 0.25) is 0 Å². The van der Waals surface area contributed by atoms with Gasteiger partial charge in [-0.25, -0.2) is 4.98 Å². The largest absolute Gasteiger partial charge is 0.391 e. The zero-order valence-electron chi connectivity index (χ0n) is 17.7. The number of carbonyl (C=O) groups excluding carboxylic acids is 2. The van der Waals surface area contributed by atoms with E-state index in [0.29, 0.717) is 6.42 Å². The number of thiazole rings is 1. The summed E-state index contributed by atoms with van der Waals surface area (Å²) in [6.45, 7) is 8.17. The van der Waals surface area contributed by atoms with Crippen molar-refractivity contribution in [3.63, 3.8) is 0 Å². The molecule has 8 heteroatoms. The van der Waals surface area contributed by atoms with Crippen molar-refractivity contribution in [3.8, 4) is 10.4 Å². The van der Waals surface area contributed by atoms with E-state index in [1.807, 2.05) is 57.5 Å². The average Bonchev–Trinajstić information content (AvgIpc) is 3.26. The Balaban J connectivity index is 1.66. The first kappa shape index (κ1) is 23.1. The summed E-state index contributed by atoms with van der Waals surface area (Å²) in [5.74, 6) is -0.316. The van der Waals surface area contributed by atoms with Gasteiger partial charge in [-0.15, -0.1) is 11.3 Å². The minimum atomic E-state index is -0.667. The van der Waals surface area contributed by atoms with E-state index in [9.17, 15) is 14.7 Å². The molecule has 2 N–H and O–H groups in total. The maximum absolute atomic E-state index is 12.9. The Kier molecular flexibility index (Phi) is 7.19. The number of nitrogens with zero attached hydrogens (tertiary/aromatic N) is 2. The average molecular weight is 541 g/mol. The molecule has 0 saturated carbocycles. The third kappa shape index (κ3) is 5.59. The third-order valence-corrected chi connectivity index (χ3v) is 7.07. The fourth-order valence-electron chi connectivity index (χ4n) is 3.58. The normalized spacial score (nSPS) is 20.3. The zero-order valence-corrected chi connectivity index (χ0v) is 20.7. The van der Waals surface area contributed by atoms with Crippen LogP contribution in [-0.4, -0.2) is 45.5 Å². The van der Waals surface area contributed by atoms with E-state index in [4.69, 9.17) is 0 Å². The van der Waals surface area contributed by atoms with Gasteiger partial charge in [0.05, 0.1) is 22.2 Å². The minimum Gasteiger partial charge on any atom is -0.391 e. The van der Waals surface area contributed by atoms with Gasteiger partial charge in [-0.05, 0) is 23.5 Å². The SMILES string of the molecule is Cc1ncsc1-c1ccc([C@H](I)NC(=O)[C@@H]2C[C@@H](O)CN2C(=O)CC(C)(C)C)cc1. The highest BCUT2D eigenvalue weighted by Crippen LogP contribution is 2.30. The van der Waals surface area contributed by atoms with E-state index in [0.717, 1.165) is 21.7 Å². The van der Waals surface area contributed by atoms with Crippen LogP contribution in [0.25, 0.3) is 10.4 Å². The van der Waals surface area contributed by atoms with Gasteiger partial charge in [-0.2, -0.15) is 0 Å². The van der Waals surface area contributed by atoms with Crippen LogP contribution in [0.15, 0.2) is 29.8 Å². The summed E-state index contributed by atoms with van der Waals surface area (Å²) < 4.78 is -0.232. The molecule has 3 rings (SSSR count). The maximum Gasteiger partial charge on any atom is 0.244 e. The van der Waals surface area contributed by atoms with Crippen molar-refractivity contribution in [1.29, 1.82) is 0 Å². The highest BCUT2D eigenvalue weighted by Gasteiger charge is 2.40. The molecular weight excluding hydrogens is 513 g/mol. The van der Waals surface area contributed by atoms with Crippen LogP contribution in [0, 0.1) is 12.3 Å². The summed E-state index contributed by atoms with van der Waals surface area (Å²) in [4.78, 5) is 32.6.